The summed E-state index contributed by atoms with van der Waals surface area (Å²) in [5.41, 5.74) is 2.64. The first kappa shape index (κ1) is 15.9. The number of esters is 1. The normalized spacial score (nSPS) is 19.9. The van der Waals surface area contributed by atoms with Crippen molar-refractivity contribution in [3.63, 3.8) is 0 Å². The van der Waals surface area contributed by atoms with Crippen LogP contribution in [-0.4, -0.2) is 23.6 Å². The Morgan fingerprint density at radius 3 is 2.40 bits per heavy atom. The van der Waals surface area contributed by atoms with E-state index in [0.29, 0.717) is 17.0 Å². The molecule has 0 saturated heterocycles. The van der Waals surface area contributed by atoms with Crippen LogP contribution in [0.1, 0.15) is 17.9 Å². The van der Waals surface area contributed by atoms with E-state index < -0.39 is 0 Å². The number of benzene rings is 2. The fourth-order valence-corrected chi connectivity index (χ4v) is 3.60. The molecule has 126 valence electrons. The van der Waals surface area contributed by atoms with E-state index in [-0.39, 0.29) is 36.6 Å². The maximum absolute atomic E-state index is 12.8. The van der Waals surface area contributed by atoms with Crippen LogP contribution in [0.2, 0.25) is 0 Å². The van der Waals surface area contributed by atoms with Crippen LogP contribution in [0.15, 0.2) is 64.3 Å². The summed E-state index contributed by atoms with van der Waals surface area (Å²) in [7, 11) is 0. The Bertz CT molecular complexity index is 887. The summed E-state index contributed by atoms with van der Waals surface area (Å²) >= 11 is 3.38. The van der Waals surface area contributed by atoms with Crippen molar-refractivity contribution in [3.8, 4) is 5.75 Å². The van der Waals surface area contributed by atoms with Gasteiger partial charge < -0.3 is 9.84 Å². The molecule has 0 aliphatic carbocycles. The molecule has 0 saturated carbocycles. The van der Waals surface area contributed by atoms with Gasteiger partial charge in [0.2, 0.25) is 5.91 Å². The fourth-order valence-electron chi connectivity index (χ4n) is 3.34. The summed E-state index contributed by atoms with van der Waals surface area (Å²) in [6, 6.07) is 14.0. The van der Waals surface area contributed by atoms with E-state index in [4.69, 9.17) is 4.74 Å². The predicted molar refractivity (Wildman–Crippen MR) is 95.1 cm³/mol. The molecule has 0 fully saturated rings. The van der Waals surface area contributed by atoms with Crippen molar-refractivity contribution < 1.29 is 19.4 Å². The molecule has 4 rings (SSSR count). The summed E-state index contributed by atoms with van der Waals surface area (Å²) in [6.07, 6.45) is 0.175. The van der Waals surface area contributed by atoms with Gasteiger partial charge in [0.15, 0.2) is 0 Å². The monoisotopic (exact) mass is 399 g/mol. The van der Waals surface area contributed by atoms with Gasteiger partial charge in [-0.15, -0.1) is 0 Å². The highest BCUT2D eigenvalue weighted by atomic mass is 79.9. The lowest BCUT2D eigenvalue weighted by atomic mass is 9.84. The van der Waals surface area contributed by atoms with Gasteiger partial charge in [0.25, 0.3) is 0 Å². The largest absolute Gasteiger partial charge is 0.508 e. The van der Waals surface area contributed by atoms with E-state index in [9.17, 15) is 14.7 Å². The molecule has 2 heterocycles. The molecule has 0 spiro atoms. The van der Waals surface area contributed by atoms with E-state index in [1.54, 1.807) is 29.2 Å². The Morgan fingerprint density at radius 1 is 1.04 bits per heavy atom. The Balaban J connectivity index is 1.81. The Labute approximate surface area is 152 Å². The van der Waals surface area contributed by atoms with Crippen molar-refractivity contribution in [3.05, 3.63) is 69.8 Å². The molecule has 2 aromatic rings. The lowest BCUT2D eigenvalue weighted by Crippen LogP contribution is -2.37. The summed E-state index contributed by atoms with van der Waals surface area (Å²) < 4.78 is 6.15. The summed E-state index contributed by atoms with van der Waals surface area (Å²) in [4.78, 5) is 26.7. The van der Waals surface area contributed by atoms with Gasteiger partial charge in [-0.25, -0.2) is 4.79 Å². The van der Waals surface area contributed by atoms with Crippen LogP contribution in [0, 0.1) is 0 Å². The number of anilines is 1. The van der Waals surface area contributed by atoms with E-state index in [1.807, 2.05) is 24.3 Å². The minimum Gasteiger partial charge on any atom is -0.508 e. The van der Waals surface area contributed by atoms with Crippen LogP contribution in [0.5, 0.6) is 5.75 Å². The lowest BCUT2D eigenvalue weighted by Gasteiger charge is -2.31. The van der Waals surface area contributed by atoms with Crippen LogP contribution in [-0.2, 0) is 14.3 Å². The van der Waals surface area contributed by atoms with Gasteiger partial charge in [-0.3, -0.25) is 9.69 Å². The predicted octanol–water partition coefficient (Wildman–Crippen LogP) is 3.49. The number of cyclic esters (lactones) is 1. The quantitative estimate of drug-likeness (QED) is 0.784. The molecule has 2 aromatic carbocycles. The number of rotatable bonds is 2. The molecular formula is C19H14BrNO4. The zero-order valence-corrected chi connectivity index (χ0v) is 14.7. The highest BCUT2D eigenvalue weighted by Gasteiger charge is 2.42. The maximum atomic E-state index is 12.8. The number of carbonyl (C=O) groups excluding carboxylic acids is 2. The highest BCUT2D eigenvalue weighted by molar-refractivity contribution is 9.10. The first-order chi connectivity index (χ1) is 12.0. The average Bonchev–Trinajstić information content (AvgIpc) is 2.98. The first-order valence-corrected chi connectivity index (χ1v) is 8.61. The molecule has 25 heavy (non-hydrogen) atoms. The summed E-state index contributed by atoms with van der Waals surface area (Å²) in [5, 5.41) is 9.48. The van der Waals surface area contributed by atoms with Gasteiger partial charge in [-0.05, 0) is 42.0 Å². The third kappa shape index (κ3) is 2.72. The average molecular weight is 400 g/mol. The maximum Gasteiger partial charge on any atom is 0.336 e. The van der Waals surface area contributed by atoms with Crippen molar-refractivity contribution in [1.29, 1.82) is 0 Å². The molecule has 1 amide bonds. The summed E-state index contributed by atoms with van der Waals surface area (Å²) in [6.45, 7) is 0.0879. The van der Waals surface area contributed by atoms with Crippen LogP contribution >= 0.6 is 15.9 Å². The van der Waals surface area contributed by atoms with Crippen molar-refractivity contribution in [2.75, 3.05) is 11.5 Å². The molecule has 1 N–H and O–H groups in total. The number of halogens is 1. The third-order valence-corrected chi connectivity index (χ3v) is 5.03. The third-order valence-electron chi connectivity index (χ3n) is 4.50. The van der Waals surface area contributed by atoms with E-state index >= 15 is 0 Å². The first-order valence-electron chi connectivity index (χ1n) is 7.82. The Morgan fingerprint density at radius 2 is 1.72 bits per heavy atom. The number of phenolic OH excluding ortho intramolecular Hbond substituents is 1. The van der Waals surface area contributed by atoms with Crippen LogP contribution in [0.3, 0.4) is 0 Å². The molecule has 6 heteroatoms. The minimum absolute atomic E-state index is 0.0857. The molecule has 0 aromatic heterocycles. The lowest BCUT2D eigenvalue weighted by molar-refractivity contribution is -0.136. The second-order valence-corrected chi connectivity index (χ2v) is 6.91. The van der Waals surface area contributed by atoms with E-state index in [2.05, 4.69) is 15.9 Å². The number of carbonyl (C=O) groups is 2. The standard InChI is InChI=1S/C19H14BrNO4/c20-12-3-5-13(6-4-12)21-16-10-25-19(24)18(16)15(9-17(21)23)11-1-7-14(22)8-2-11/h1-8,15,22H,9-10H2/t15-/m0/s1. The second-order valence-electron chi connectivity index (χ2n) is 5.99. The molecule has 5 nitrogen and oxygen atoms in total. The van der Waals surface area contributed by atoms with Gasteiger partial charge in [-0.2, -0.15) is 0 Å². The topological polar surface area (TPSA) is 66.8 Å². The zero-order valence-electron chi connectivity index (χ0n) is 13.1. The smallest absolute Gasteiger partial charge is 0.336 e. The van der Waals surface area contributed by atoms with Crippen molar-refractivity contribution in [1.82, 2.24) is 0 Å². The molecule has 2 aliphatic rings. The molecule has 0 unspecified atom stereocenters. The highest BCUT2D eigenvalue weighted by Crippen LogP contribution is 2.42. The molecule has 0 radical (unpaired) electrons. The molecule has 2 aliphatic heterocycles. The molecule has 0 bridgehead atoms. The number of phenols is 1. The van der Waals surface area contributed by atoms with Gasteiger partial charge in [0, 0.05) is 22.5 Å². The fraction of sp³-hybridized carbons (Fsp3) is 0.158. The molecular weight excluding hydrogens is 386 g/mol. The van der Waals surface area contributed by atoms with Gasteiger partial charge in [0.1, 0.15) is 12.4 Å². The van der Waals surface area contributed by atoms with E-state index in [1.165, 1.54) is 0 Å². The number of nitrogens with zero attached hydrogens (tertiary/aromatic N) is 1. The number of aromatic hydroxyl groups is 1. The molecule has 1 atom stereocenters. The number of hydrogen-bond acceptors (Lipinski definition) is 4. The second kappa shape index (κ2) is 6.04. The minimum atomic E-state index is -0.386. The van der Waals surface area contributed by atoms with Crippen LogP contribution < -0.4 is 4.90 Å². The van der Waals surface area contributed by atoms with Crippen molar-refractivity contribution >= 4 is 33.5 Å². The van der Waals surface area contributed by atoms with Gasteiger partial charge in [0.05, 0.1) is 11.3 Å². The summed E-state index contributed by atoms with van der Waals surface area (Å²) in [5.74, 6) is -0.685. The number of hydrogen-bond donors (Lipinski definition) is 1. The van der Waals surface area contributed by atoms with Gasteiger partial charge >= 0.3 is 5.97 Å². The van der Waals surface area contributed by atoms with Crippen molar-refractivity contribution in [2.45, 2.75) is 12.3 Å². The van der Waals surface area contributed by atoms with Crippen LogP contribution in [0.4, 0.5) is 5.69 Å². The Hall–Kier alpha value is -2.60. The zero-order chi connectivity index (χ0) is 17.6. The van der Waals surface area contributed by atoms with E-state index in [0.717, 1.165) is 10.0 Å². The van der Waals surface area contributed by atoms with Gasteiger partial charge in [-0.1, -0.05) is 28.1 Å². The Kier molecular flexibility index (Phi) is 3.84. The SMILES string of the molecule is O=C1OCC2=C1[C@H](c1ccc(O)cc1)CC(=O)N2c1ccc(Br)cc1. The number of amides is 1. The van der Waals surface area contributed by atoms with Crippen LogP contribution in [0.25, 0.3) is 0 Å². The van der Waals surface area contributed by atoms with Crippen molar-refractivity contribution in [2.24, 2.45) is 0 Å². The number of ether oxygens (including phenoxy) is 1.